The number of unbranched alkanes of at least 4 members (excludes halogenated alkanes) is 2. The first-order chi connectivity index (χ1) is 15.7. The van der Waals surface area contributed by atoms with Crippen LogP contribution in [-0.2, 0) is 6.42 Å². The van der Waals surface area contributed by atoms with E-state index in [2.05, 4.69) is 50.0 Å². The number of benzene rings is 1. The molecule has 0 amide bonds. The molecule has 0 aliphatic carbocycles. The lowest BCUT2D eigenvalue weighted by Gasteiger charge is -2.05. The van der Waals surface area contributed by atoms with Crippen LogP contribution < -0.4 is 5.73 Å². The van der Waals surface area contributed by atoms with Crippen molar-refractivity contribution in [3.05, 3.63) is 66.2 Å². The first-order valence-electron chi connectivity index (χ1n) is 10.8. The molecule has 0 atom stereocenters. The Hall–Kier alpha value is -3.36. The fourth-order valence-electron chi connectivity index (χ4n) is 3.95. The molecule has 0 aliphatic rings. The standard InChI is InChI=1S/C24H25N7S/c1-16-21(31-14-17(8-4-3-7-13-25)11-12-19(31)28-16)24-29-20(18-9-5-2-6-10-18)22(32-24)23-26-15-27-30-23/h2,5-6,9-12,14-15H,3-4,7-8,13,25H2,1H3,(H,26,27,30). The molecule has 1 aromatic carbocycles. The molecule has 32 heavy (non-hydrogen) atoms. The van der Waals surface area contributed by atoms with Crippen molar-refractivity contribution in [1.82, 2.24) is 29.5 Å². The summed E-state index contributed by atoms with van der Waals surface area (Å²) in [5, 5.41) is 7.96. The second-order valence-electron chi connectivity index (χ2n) is 7.81. The maximum atomic E-state index is 5.63. The summed E-state index contributed by atoms with van der Waals surface area (Å²) in [5.74, 6) is 0.722. The highest BCUT2D eigenvalue weighted by atomic mass is 32.1. The Balaban J connectivity index is 1.60. The van der Waals surface area contributed by atoms with Crippen molar-refractivity contribution in [2.24, 2.45) is 5.73 Å². The number of H-pyrrole nitrogens is 1. The van der Waals surface area contributed by atoms with Crippen LogP contribution in [0.15, 0.2) is 55.0 Å². The molecule has 0 bridgehead atoms. The highest BCUT2D eigenvalue weighted by molar-refractivity contribution is 7.18. The molecule has 4 heterocycles. The van der Waals surface area contributed by atoms with Gasteiger partial charge in [-0.1, -0.05) is 42.8 Å². The Bertz CT molecular complexity index is 1320. The number of hydrogen-bond donors (Lipinski definition) is 2. The molecule has 0 aliphatic heterocycles. The van der Waals surface area contributed by atoms with E-state index in [9.17, 15) is 0 Å². The van der Waals surface area contributed by atoms with Gasteiger partial charge in [0.1, 0.15) is 22.7 Å². The smallest absolute Gasteiger partial charge is 0.167 e. The summed E-state index contributed by atoms with van der Waals surface area (Å²) in [7, 11) is 0. The summed E-state index contributed by atoms with van der Waals surface area (Å²) < 4.78 is 2.17. The van der Waals surface area contributed by atoms with Crippen LogP contribution in [0.3, 0.4) is 0 Å². The van der Waals surface area contributed by atoms with Crippen molar-refractivity contribution >= 4 is 17.0 Å². The van der Waals surface area contributed by atoms with Crippen molar-refractivity contribution < 1.29 is 0 Å². The van der Waals surface area contributed by atoms with Gasteiger partial charge in [-0.3, -0.25) is 9.50 Å². The van der Waals surface area contributed by atoms with Crippen LogP contribution in [0.25, 0.3) is 38.3 Å². The summed E-state index contributed by atoms with van der Waals surface area (Å²) in [6, 6.07) is 14.5. The number of thiazole rings is 1. The number of nitrogens with two attached hydrogens (primary N) is 1. The van der Waals surface area contributed by atoms with Gasteiger partial charge in [0.15, 0.2) is 5.82 Å². The van der Waals surface area contributed by atoms with Gasteiger partial charge in [0.05, 0.1) is 16.3 Å². The van der Waals surface area contributed by atoms with Crippen molar-refractivity contribution in [3.8, 4) is 32.7 Å². The molecule has 0 radical (unpaired) electrons. The van der Waals surface area contributed by atoms with Crippen LogP contribution in [0.5, 0.6) is 0 Å². The average Bonchev–Trinajstić information content (AvgIpc) is 3.55. The Morgan fingerprint density at radius 2 is 1.91 bits per heavy atom. The van der Waals surface area contributed by atoms with Gasteiger partial charge in [0.2, 0.25) is 0 Å². The molecule has 0 saturated carbocycles. The normalized spacial score (nSPS) is 11.4. The van der Waals surface area contributed by atoms with E-state index >= 15 is 0 Å². The minimum atomic E-state index is 0.722. The van der Waals surface area contributed by atoms with E-state index in [0.717, 1.165) is 76.2 Å². The largest absolute Gasteiger partial charge is 0.330 e. The highest BCUT2D eigenvalue weighted by Crippen LogP contribution is 2.40. The third kappa shape index (κ3) is 3.94. The number of rotatable bonds is 8. The van der Waals surface area contributed by atoms with Crippen LogP contribution in [0.2, 0.25) is 0 Å². The SMILES string of the molecule is Cc1nc2ccc(CCCCCN)cn2c1-c1nc(-c2ccccc2)c(-c2ncn[nH]2)s1. The third-order valence-electron chi connectivity index (χ3n) is 5.53. The Labute approximate surface area is 190 Å². The monoisotopic (exact) mass is 443 g/mol. The predicted molar refractivity (Wildman–Crippen MR) is 128 cm³/mol. The molecule has 7 nitrogen and oxygen atoms in total. The van der Waals surface area contributed by atoms with Gasteiger partial charge in [-0.2, -0.15) is 5.10 Å². The average molecular weight is 444 g/mol. The number of aromatic amines is 1. The topological polar surface area (TPSA) is 97.8 Å². The summed E-state index contributed by atoms with van der Waals surface area (Å²) in [4.78, 5) is 15.2. The maximum absolute atomic E-state index is 5.63. The number of aromatic nitrogens is 6. The Morgan fingerprint density at radius 3 is 2.69 bits per heavy atom. The van der Waals surface area contributed by atoms with E-state index in [-0.39, 0.29) is 0 Å². The minimum absolute atomic E-state index is 0.722. The summed E-state index contributed by atoms with van der Waals surface area (Å²) in [6.45, 7) is 2.80. The number of aryl methyl sites for hydroxylation is 2. The van der Waals surface area contributed by atoms with E-state index in [1.807, 2.05) is 25.1 Å². The summed E-state index contributed by atoms with van der Waals surface area (Å²) in [5.41, 5.74) is 11.8. The Morgan fingerprint density at radius 1 is 1.03 bits per heavy atom. The first-order valence-corrected chi connectivity index (χ1v) is 11.7. The number of imidazole rings is 1. The number of hydrogen-bond acceptors (Lipinski definition) is 6. The number of nitrogens with one attached hydrogen (secondary N) is 1. The molecule has 0 unspecified atom stereocenters. The zero-order valence-corrected chi connectivity index (χ0v) is 18.8. The fourth-order valence-corrected chi connectivity index (χ4v) is 5.08. The highest BCUT2D eigenvalue weighted by Gasteiger charge is 2.21. The lowest BCUT2D eigenvalue weighted by atomic mass is 10.1. The van der Waals surface area contributed by atoms with Crippen LogP contribution in [0.4, 0.5) is 0 Å². The van der Waals surface area contributed by atoms with Crippen molar-refractivity contribution in [2.45, 2.75) is 32.6 Å². The number of fused-ring (bicyclic) bond motifs is 1. The van der Waals surface area contributed by atoms with Crippen LogP contribution in [-0.4, -0.2) is 36.1 Å². The molecule has 8 heteroatoms. The molecule has 5 aromatic rings. The second kappa shape index (κ2) is 9.02. The lowest BCUT2D eigenvalue weighted by Crippen LogP contribution is -1.98. The molecule has 162 valence electrons. The van der Waals surface area contributed by atoms with E-state index in [1.54, 1.807) is 11.3 Å². The maximum Gasteiger partial charge on any atom is 0.167 e. The van der Waals surface area contributed by atoms with Gasteiger partial charge >= 0.3 is 0 Å². The molecule has 5 rings (SSSR count). The van der Waals surface area contributed by atoms with Gasteiger partial charge < -0.3 is 5.73 Å². The zero-order chi connectivity index (χ0) is 21.9. The van der Waals surface area contributed by atoms with Crippen molar-refractivity contribution in [2.75, 3.05) is 6.54 Å². The second-order valence-corrected chi connectivity index (χ2v) is 8.81. The van der Waals surface area contributed by atoms with Gasteiger partial charge in [-0.25, -0.2) is 15.0 Å². The zero-order valence-electron chi connectivity index (χ0n) is 18.0. The van der Waals surface area contributed by atoms with Crippen molar-refractivity contribution in [3.63, 3.8) is 0 Å². The quantitative estimate of drug-likeness (QED) is 0.333. The van der Waals surface area contributed by atoms with Crippen molar-refractivity contribution in [1.29, 1.82) is 0 Å². The number of pyridine rings is 1. The van der Waals surface area contributed by atoms with Crippen LogP contribution in [0.1, 0.15) is 30.5 Å². The Kier molecular flexibility index (Phi) is 5.79. The van der Waals surface area contributed by atoms with E-state index in [1.165, 1.54) is 11.9 Å². The predicted octanol–water partition coefficient (Wildman–Crippen LogP) is 4.89. The molecule has 4 aromatic heterocycles. The molecular weight excluding hydrogens is 418 g/mol. The van der Waals surface area contributed by atoms with Gasteiger partial charge in [-0.05, 0) is 44.4 Å². The molecule has 3 N–H and O–H groups in total. The van der Waals surface area contributed by atoms with Crippen LogP contribution >= 0.6 is 11.3 Å². The first kappa shape index (κ1) is 20.5. The summed E-state index contributed by atoms with van der Waals surface area (Å²) >= 11 is 1.61. The van der Waals surface area contributed by atoms with Crippen LogP contribution in [0, 0.1) is 6.92 Å². The molecule has 0 saturated heterocycles. The third-order valence-corrected chi connectivity index (χ3v) is 6.60. The van der Waals surface area contributed by atoms with E-state index in [4.69, 9.17) is 15.7 Å². The molecule has 0 fully saturated rings. The number of nitrogens with zero attached hydrogens (tertiary/aromatic N) is 5. The summed E-state index contributed by atoms with van der Waals surface area (Å²) in [6.07, 6.45) is 8.12. The van der Waals surface area contributed by atoms with E-state index in [0.29, 0.717) is 0 Å². The van der Waals surface area contributed by atoms with Gasteiger partial charge in [0, 0.05) is 11.8 Å². The molecular formula is C24H25N7S. The fraction of sp³-hybridized carbons (Fsp3) is 0.250. The lowest BCUT2D eigenvalue weighted by molar-refractivity contribution is 0.685. The van der Waals surface area contributed by atoms with Gasteiger partial charge in [-0.15, -0.1) is 11.3 Å². The van der Waals surface area contributed by atoms with E-state index < -0.39 is 0 Å². The van der Waals surface area contributed by atoms with Gasteiger partial charge in [0.25, 0.3) is 0 Å². The minimum Gasteiger partial charge on any atom is -0.330 e. The molecule has 0 spiro atoms.